The second kappa shape index (κ2) is 12.3. The van der Waals surface area contributed by atoms with E-state index in [2.05, 4.69) is 96.9 Å². The van der Waals surface area contributed by atoms with Crippen molar-refractivity contribution in [3.8, 4) is 0 Å². The Morgan fingerprint density at radius 2 is 1.63 bits per heavy atom. The van der Waals surface area contributed by atoms with Crippen LogP contribution in [0.3, 0.4) is 0 Å². The van der Waals surface area contributed by atoms with Crippen LogP contribution in [0.4, 0.5) is 4.79 Å². The zero-order valence-electron chi connectivity index (χ0n) is 18.9. The minimum absolute atomic E-state index is 0.0239. The Kier molecular flexibility index (Phi) is 10.1. The highest BCUT2D eigenvalue weighted by Gasteiger charge is 2.31. The van der Waals surface area contributed by atoms with Gasteiger partial charge in [-0.05, 0) is 55.7 Å². The topological polar surface area (TPSA) is 35.6 Å². The maximum absolute atomic E-state index is 13.1. The normalized spacial score (nSPS) is 15.6. The molecule has 3 rings (SSSR count). The number of hydrogen-bond acceptors (Lipinski definition) is 2. The van der Waals surface area contributed by atoms with Crippen LogP contribution in [0.15, 0.2) is 54.6 Å². The number of fused-ring (bicyclic) bond motifs is 1. The number of nitrogens with zero attached hydrogens (tertiary/aromatic N) is 2. The number of hydrogen-bond donors (Lipinski definition) is 1. The lowest BCUT2D eigenvalue weighted by atomic mass is 9.88. The summed E-state index contributed by atoms with van der Waals surface area (Å²) in [6.45, 7) is 11.1. The van der Waals surface area contributed by atoms with E-state index >= 15 is 0 Å². The maximum Gasteiger partial charge on any atom is 0.318 e. The van der Waals surface area contributed by atoms with E-state index < -0.39 is 0 Å². The van der Waals surface area contributed by atoms with E-state index in [0.717, 1.165) is 25.1 Å². The zero-order chi connectivity index (χ0) is 22.1. The molecule has 1 aliphatic rings. The molecule has 1 N–H and O–H groups in total. The second-order valence-corrected chi connectivity index (χ2v) is 8.11. The van der Waals surface area contributed by atoms with Crippen LogP contribution in [0.1, 0.15) is 50.4 Å². The number of urea groups is 1. The molecule has 1 aliphatic heterocycles. The van der Waals surface area contributed by atoms with Gasteiger partial charge in [-0.15, -0.1) is 0 Å². The third-order valence-electron chi connectivity index (χ3n) is 5.63. The summed E-state index contributed by atoms with van der Waals surface area (Å²) in [6.07, 6.45) is 0.900. The van der Waals surface area contributed by atoms with E-state index in [1.807, 2.05) is 28.0 Å². The SMILES string of the molecule is CC(C)N(CCNC(=O)N1CCc2ccccc2C1c1ccccc1)C(C)C.CI. The van der Waals surface area contributed by atoms with Crippen molar-refractivity contribution in [1.29, 1.82) is 0 Å². The summed E-state index contributed by atoms with van der Waals surface area (Å²) in [4.78, 5) is 19.5. The van der Waals surface area contributed by atoms with Crippen molar-refractivity contribution in [2.24, 2.45) is 0 Å². The van der Waals surface area contributed by atoms with E-state index in [9.17, 15) is 4.79 Å². The van der Waals surface area contributed by atoms with Gasteiger partial charge in [0, 0.05) is 31.7 Å². The minimum Gasteiger partial charge on any atom is -0.337 e. The minimum atomic E-state index is -0.0301. The highest BCUT2D eigenvalue weighted by Crippen LogP contribution is 2.34. The Morgan fingerprint density at radius 3 is 2.27 bits per heavy atom. The van der Waals surface area contributed by atoms with E-state index in [1.165, 1.54) is 11.1 Å². The highest BCUT2D eigenvalue weighted by molar-refractivity contribution is 14.1. The van der Waals surface area contributed by atoms with Gasteiger partial charge in [-0.1, -0.05) is 77.2 Å². The van der Waals surface area contributed by atoms with Crippen molar-refractivity contribution in [1.82, 2.24) is 15.1 Å². The highest BCUT2D eigenvalue weighted by atomic mass is 127. The average molecular weight is 521 g/mol. The average Bonchev–Trinajstić information content (AvgIpc) is 2.77. The summed E-state index contributed by atoms with van der Waals surface area (Å²) in [5, 5.41) is 3.17. The predicted octanol–water partition coefficient (Wildman–Crippen LogP) is 5.51. The largest absolute Gasteiger partial charge is 0.337 e. The van der Waals surface area contributed by atoms with Crippen LogP contribution in [-0.2, 0) is 6.42 Å². The molecule has 2 aromatic rings. The number of benzene rings is 2. The molecule has 0 radical (unpaired) electrons. The molecule has 1 heterocycles. The lowest BCUT2D eigenvalue weighted by molar-refractivity contribution is 0.162. The van der Waals surface area contributed by atoms with Crippen LogP contribution in [0.2, 0.25) is 0 Å². The lowest BCUT2D eigenvalue weighted by Gasteiger charge is -2.38. The van der Waals surface area contributed by atoms with Crippen molar-refractivity contribution in [2.45, 2.75) is 52.2 Å². The van der Waals surface area contributed by atoms with Gasteiger partial charge < -0.3 is 10.2 Å². The van der Waals surface area contributed by atoms with E-state index in [1.54, 1.807) is 0 Å². The van der Waals surface area contributed by atoms with Crippen LogP contribution >= 0.6 is 22.6 Å². The Hall–Kier alpha value is -1.60. The van der Waals surface area contributed by atoms with Crippen LogP contribution in [0.25, 0.3) is 0 Å². The predicted molar refractivity (Wildman–Crippen MR) is 135 cm³/mol. The number of amides is 2. The number of halogens is 1. The Balaban J connectivity index is 0.00000155. The van der Waals surface area contributed by atoms with E-state index in [4.69, 9.17) is 0 Å². The number of rotatable bonds is 6. The molecule has 0 fully saturated rings. The first-order valence-electron chi connectivity index (χ1n) is 10.8. The van der Waals surface area contributed by atoms with Gasteiger partial charge in [-0.2, -0.15) is 0 Å². The first-order chi connectivity index (χ1) is 14.5. The van der Waals surface area contributed by atoms with E-state index in [0.29, 0.717) is 18.6 Å². The lowest BCUT2D eigenvalue weighted by Crippen LogP contribution is -2.49. The molecule has 30 heavy (non-hydrogen) atoms. The van der Waals surface area contributed by atoms with Gasteiger partial charge in [0.1, 0.15) is 0 Å². The smallest absolute Gasteiger partial charge is 0.318 e. The van der Waals surface area contributed by atoms with Crippen LogP contribution in [0.5, 0.6) is 0 Å². The molecule has 0 saturated carbocycles. The first kappa shape index (κ1) is 24.7. The zero-order valence-corrected chi connectivity index (χ0v) is 21.1. The number of carbonyl (C=O) groups excluding carboxylic acids is 1. The van der Waals surface area contributed by atoms with Gasteiger partial charge in [0.05, 0.1) is 6.04 Å². The quantitative estimate of drug-likeness (QED) is 0.402. The molecule has 2 amide bonds. The third-order valence-corrected chi connectivity index (χ3v) is 5.63. The van der Waals surface area contributed by atoms with Crippen molar-refractivity contribution in [3.63, 3.8) is 0 Å². The Labute approximate surface area is 196 Å². The van der Waals surface area contributed by atoms with Crippen molar-refractivity contribution >= 4 is 28.6 Å². The van der Waals surface area contributed by atoms with Gasteiger partial charge in [0.15, 0.2) is 0 Å². The van der Waals surface area contributed by atoms with Gasteiger partial charge in [0.25, 0.3) is 0 Å². The summed E-state index contributed by atoms with van der Waals surface area (Å²) >= 11 is 2.15. The molecular weight excluding hydrogens is 485 g/mol. The summed E-state index contributed by atoms with van der Waals surface area (Å²) < 4.78 is 0. The fraction of sp³-hybridized carbons (Fsp3) is 0.480. The van der Waals surface area contributed by atoms with Gasteiger partial charge in [0.2, 0.25) is 0 Å². The summed E-state index contributed by atoms with van der Waals surface area (Å²) in [5.41, 5.74) is 3.74. The summed E-state index contributed by atoms with van der Waals surface area (Å²) in [6, 6.07) is 19.8. The molecule has 0 spiro atoms. The van der Waals surface area contributed by atoms with Crippen LogP contribution in [-0.4, -0.2) is 52.5 Å². The van der Waals surface area contributed by atoms with Crippen molar-refractivity contribution < 1.29 is 4.79 Å². The van der Waals surface area contributed by atoms with Gasteiger partial charge in [-0.25, -0.2) is 4.79 Å². The fourth-order valence-corrected chi connectivity index (χ4v) is 4.29. The standard InChI is InChI=1S/C24H33N3O.CH3I/c1-18(2)26(19(3)4)17-15-25-24(28)27-16-14-20-10-8-9-13-22(20)23(27)21-11-6-5-7-12-21;1-2/h5-13,18-19,23H,14-17H2,1-4H3,(H,25,28);1H3. The second-order valence-electron chi connectivity index (χ2n) is 8.11. The number of nitrogens with one attached hydrogen (secondary N) is 1. The molecule has 1 unspecified atom stereocenters. The first-order valence-corrected chi connectivity index (χ1v) is 13.0. The molecule has 0 aliphatic carbocycles. The maximum atomic E-state index is 13.1. The molecular formula is C25H36IN3O. The molecule has 5 heteroatoms. The van der Waals surface area contributed by atoms with Gasteiger partial charge in [-0.3, -0.25) is 4.90 Å². The van der Waals surface area contributed by atoms with Crippen molar-refractivity contribution in [3.05, 3.63) is 71.3 Å². The summed E-state index contributed by atoms with van der Waals surface area (Å²) in [7, 11) is 0. The molecule has 4 nitrogen and oxygen atoms in total. The molecule has 2 aromatic carbocycles. The van der Waals surface area contributed by atoms with E-state index in [-0.39, 0.29) is 12.1 Å². The monoisotopic (exact) mass is 521 g/mol. The fourth-order valence-electron chi connectivity index (χ4n) is 4.29. The molecule has 0 bridgehead atoms. The van der Waals surface area contributed by atoms with Crippen LogP contribution < -0.4 is 5.32 Å². The third kappa shape index (κ3) is 6.20. The molecule has 1 atom stereocenters. The van der Waals surface area contributed by atoms with Crippen molar-refractivity contribution in [2.75, 3.05) is 24.6 Å². The molecule has 164 valence electrons. The number of carbonyl (C=O) groups is 1. The Morgan fingerprint density at radius 1 is 1.03 bits per heavy atom. The summed E-state index contributed by atoms with van der Waals surface area (Å²) in [5.74, 6) is 0. The van der Waals surface area contributed by atoms with Gasteiger partial charge >= 0.3 is 6.03 Å². The van der Waals surface area contributed by atoms with Crippen LogP contribution in [0, 0.1) is 0 Å². The molecule has 0 aromatic heterocycles. The molecule has 0 saturated heterocycles. The Bertz CT molecular complexity index is 771. The number of alkyl halides is 1.